The summed E-state index contributed by atoms with van der Waals surface area (Å²) in [5.74, 6) is -0.152. The van der Waals surface area contributed by atoms with Crippen molar-refractivity contribution >= 4 is 36.1 Å². The second kappa shape index (κ2) is 9.91. The molecule has 1 aromatic rings. The topological polar surface area (TPSA) is 107 Å². The first kappa shape index (κ1) is 23.4. The maximum atomic E-state index is 13.1. The highest BCUT2D eigenvalue weighted by atomic mass is 35.5. The average molecular weight is 452 g/mol. The summed E-state index contributed by atoms with van der Waals surface area (Å²) in [5, 5.41) is 8.86. The average Bonchev–Trinajstić information content (AvgIpc) is 2.90. The quantitative estimate of drug-likeness (QED) is 0.683. The summed E-state index contributed by atoms with van der Waals surface area (Å²) >= 11 is 0. The third-order valence-electron chi connectivity index (χ3n) is 6.60. The maximum absolute atomic E-state index is 13.1. The first-order chi connectivity index (χ1) is 14.4. The minimum atomic E-state index is -0.772. The van der Waals surface area contributed by atoms with Crippen LogP contribution < -0.4 is 4.90 Å². The van der Waals surface area contributed by atoms with E-state index in [0.717, 1.165) is 63.0 Å². The summed E-state index contributed by atoms with van der Waals surface area (Å²) in [5.41, 5.74) is 1.88. The lowest BCUT2D eigenvalue weighted by Crippen LogP contribution is -2.43. The van der Waals surface area contributed by atoms with Gasteiger partial charge in [0.25, 0.3) is 5.91 Å². The number of nitrogens with zero attached hydrogens (tertiary/aromatic N) is 5. The van der Waals surface area contributed by atoms with Crippen LogP contribution in [0.3, 0.4) is 0 Å². The molecular formula is C21H30ClN5O4. The number of imide groups is 1. The van der Waals surface area contributed by atoms with Crippen molar-refractivity contribution in [1.29, 1.82) is 0 Å². The molecular weight excluding hydrogens is 422 g/mol. The van der Waals surface area contributed by atoms with Gasteiger partial charge < -0.3 is 10.0 Å². The number of amides is 3. The molecule has 1 N–H and O–H groups in total. The van der Waals surface area contributed by atoms with E-state index < -0.39 is 5.97 Å². The van der Waals surface area contributed by atoms with E-state index in [2.05, 4.69) is 21.9 Å². The third kappa shape index (κ3) is 5.15. The van der Waals surface area contributed by atoms with Crippen LogP contribution in [0.15, 0.2) is 6.20 Å². The Hall–Kier alpha value is -2.26. The zero-order valence-corrected chi connectivity index (χ0v) is 18.6. The van der Waals surface area contributed by atoms with E-state index in [9.17, 15) is 14.4 Å². The molecule has 1 saturated heterocycles. The molecule has 10 heteroatoms. The molecule has 31 heavy (non-hydrogen) atoms. The fourth-order valence-corrected chi connectivity index (χ4v) is 4.76. The number of carboxylic acids is 1. The normalized spacial score (nSPS) is 24.5. The first-order valence-electron chi connectivity index (χ1n) is 10.8. The molecule has 3 amide bonds. The Balaban J connectivity index is 0.00000272. The lowest BCUT2D eigenvalue weighted by Gasteiger charge is -2.33. The van der Waals surface area contributed by atoms with Gasteiger partial charge in [-0.1, -0.05) is 0 Å². The number of hydrogen-bond donors (Lipinski definition) is 1. The Labute approximate surface area is 188 Å². The molecule has 0 bridgehead atoms. The molecule has 4 rings (SSSR count). The third-order valence-corrected chi connectivity index (χ3v) is 6.60. The van der Waals surface area contributed by atoms with Gasteiger partial charge in [0.2, 0.25) is 0 Å². The summed E-state index contributed by atoms with van der Waals surface area (Å²) in [6.45, 7) is 1.84. The van der Waals surface area contributed by atoms with Crippen LogP contribution >= 0.6 is 12.4 Å². The standard InChI is InChI=1S/C21H29N5O4.ClH/c1-24-10-8-16-17(9-11-24)23-18(12-22-16)25-13-19(27)26(21(25)30)15-5-2-14(3-6-15)4-7-20(28)29;/h12,14-15H,2-11,13H2,1H3,(H,28,29);1H/t14-,15-;. The van der Waals surface area contributed by atoms with Crippen molar-refractivity contribution in [1.82, 2.24) is 19.8 Å². The number of hydrogen-bond acceptors (Lipinski definition) is 6. The van der Waals surface area contributed by atoms with Crippen molar-refractivity contribution in [3.05, 3.63) is 17.6 Å². The Kier molecular flexibility index (Phi) is 7.48. The summed E-state index contributed by atoms with van der Waals surface area (Å²) < 4.78 is 0. The van der Waals surface area contributed by atoms with E-state index in [1.165, 1.54) is 9.80 Å². The van der Waals surface area contributed by atoms with E-state index in [-0.39, 0.29) is 43.4 Å². The fourth-order valence-electron chi connectivity index (χ4n) is 4.76. The highest BCUT2D eigenvalue weighted by Crippen LogP contribution is 2.33. The molecule has 2 aliphatic heterocycles. The van der Waals surface area contributed by atoms with Gasteiger partial charge in [0, 0.05) is 38.4 Å². The number of carboxylic acid groups (broad SMARTS) is 1. The summed E-state index contributed by atoms with van der Waals surface area (Å²) in [6.07, 6.45) is 7.24. The van der Waals surface area contributed by atoms with Gasteiger partial charge in [-0.25, -0.2) is 9.78 Å². The lowest BCUT2D eigenvalue weighted by molar-refractivity contribution is -0.137. The lowest BCUT2D eigenvalue weighted by atomic mass is 9.83. The highest BCUT2D eigenvalue weighted by Gasteiger charge is 2.43. The number of rotatable bonds is 5. The van der Waals surface area contributed by atoms with Gasteiger partial charge in [-0.2, -0.15) is 0 Å². The smallest absolute Gasteiger partial charge is 0.333 e. The Morgan fingerprint density at radius 3 is 2.48 bits per heavy atom. The number of halogens is 1. The van der Waals surface area contributed by atoms with E-state index >= 15 is 0 Å². The molecule has 3 aliphatic rings. The van der Waals surface area contributed by atoms with Gasteiger partial charge in [-0.3, -0.25) is 24.4 Å². The zero-order chi connectivity index (χ0) is 21.3. The minimum absolute atomic E-state index is 0. The van der Waals surface area contributed by atoms with E-state index in [1.807, 2.05) is 0 Å². The SMILES string of the molecule is CN1CCc2ncc(N3CC(=O)N([C@H]4CC[C@H](CCC(=O)O)CC4)C3=O)nc2CC1.Cl. The van der Waals surface area contributed by atoms with E-state index in [4.69, 9.17) is 5.11 Å². The number of anilines is 1. The zero-order valence-electron chi connectivity index (χ0n) is 17.8. The number of carbonyl (C=O) groups is 3. The van der Waals surface area contributed by atoms with Crippen LogP contribution in [-0.2, 0) is 22.4 Å². The van der Waals surface area contributed by atoms with Crippen LogP contribution in [0.5, 0.6) is 0 Å². The largest absolute Gasteiger partial charge is 0.481 e. The molecule has 0 aromatic carbocycles. The first-order valence-corrected chi connectivity index (χ1v) is 10.8. The molecule has 0 radical (unpaired) electrons. The Morgan fingerprint density at radius 1 is 1.13 bits per heavy atom. The van der Waals surface area contributed by atoms with Gasteiger partial charge in [0.1, 0.15) is 6.54 Å². The van der Waals surface area contributed by atoms with E-state index in [1.54, 1.807) is 6.20 Å². The summed E-state index contributed by atoms with van der Waals surface area (Å²) in [7, 11) is 2.07. The second-order valence-electron chi connectivity index (χ2n) is 8.66. The van der Waals surface area contributed by atoms with Crippen molar-refractivity contribution in [3.63, 3.8) is 0 Å². The predicted octanol–water partition coefficient (Wildman–Crippen LogP) is 2.12. The predicted molar refractivity (Wildman–Crippen MR) is 116 cm³/mol. The molecule has 2 fully saturated rings. The van der Waals surface area contributed by atoms with Crippen molar-refractivity contribution in [2.45, 2.75) is 57.4 Å². The summed E-state index contributed by atoms with van der Waals surface area (Å²) in [4.78, 5) is 50.8. The molecule has 0 spiro atoms. The molecule has 1 aromatic heterocycles. The van der Waals surface area contributed by atoms with Crippen molar-refractivity contribution < 1.29 is 19.5 Å². The monoisotopic (exact) mass is 451 g/mol. The van der Waals surface area contributed by atoms with Crippen LogP contribution in [-0.4, -0.2) is 75.5 Å². The van der Waals surface area contributed by atoms with Crippen LogP contribution in [0.25, 0.3) is 0 Å². The molecule has 3 heterocycles. The van der Waals surface area contributed by atoms with Crippen molar-refractivity contribution in [2.24, 2.45) is 5.92 Å². The number of aliphatic carboxylic acids is 1. The van der Waals surface area contributed by atoms with Crippen molar-refractivity contribution in [3.8, 4) is 0 Å². The van der Waals surface area contributed by atoms with Gasteiger partial charge in [-0.05, 0) is 45.1 Å². The molecule has 1 saturated carbocycles. The van der Waals surface area contributed by atoms with E-state index in [0.29, 0.717) is 18.2 Å². The fraction of sp³-hybridized carbons (Fsp3) is 0.667. The van der Waals surface area contributed by atoms with Crippen LogP contribution in [0.4, 0.5) is 10.6 Å². The van der Waals surface area contributed by atoms with Crippen LogP contribution in [0.2, 0.25) is 0 Å². The Bertz CT molecular complexity index is 843. The number of urea groups is 1. The second-order valence-corrected chi connectivity index (χ2v) is 8.66. The number of likely N-dealkylation sites (N-methyl/N-ethyl adjacent to an activating group) is 1. The van der Waals surface area contributed by atoms with Crippen LogP contribution in [0.1, 0.15) is 49.9 Å². The molecule has 9 nitrogen and oxygen atoms in total. The molecule has 170 valence electrons. The summed E-state index contributed by atoms with van der Waals surface area (Å²) in [6, 6.07) is -0.424. The highest BCUT2D eigenvalue weighted by molar-refractivity contribution is 6.12. The van der Waals surface area contributed by atoms with Gasteiger partial charge >= 0.3 is 12.0 Å². The maximum Gasteiger partial charge on any atom is 0.333 e. The molecule has 1 aliphatic carbocycles. The molecule has 0 atom stereocenters. The number of carbonyl (C=O) groups excluding carboxylic acids is 2. The minimum Gasteiger partial charge on any atom is -0.481 e. The van der Waals surface area contributed by atoms with Crippen molar-refractivity contribution in [2.75, 3.05) is 31.6 Å². The number of fused-ring (bicyclic) bond motifs is 1. The Morgan fingerprint density at radius 2 is 1.81 bits per heavy atom. The van der Waals surface area contributed by atoms with Gasteiger partial charge in [0.15, 0.2) is 5.82 Å². The molecule has 0 unspecified atom stereocenters. The van der Waals surface area contributed by atoms with Crippen LogP contribution in [0, 0.1) is 5.92 Å². The van der Waals surface area contributed by atoms with Gasteiger partial charge in [0.05, 0.1) is 17.6 Å². The number of aromatic nitrogens is 2. The van der Waals surface area contributed by atoms with Gasteiger partial charge in [-0.15, -0.1) is 12.4 Å².